The molecule has 0 aliphatic carbocycles. The van der Waals surface area contributed by atoms with Gasteiger partial charge in [0, 0.05) is 20.3 Å². The van der Waals surface area contributed by atoms with Gasteiger partial charge >= 0.3 is 0 Å². The van der Waals surface area contributed by atoms with E-state index < -0.39 is 6.10 Å². The molecule has 2 rings (SSSR count). The minimum atomic E-state index is -0.801. The van der Waals surface area contributed by atoms with Crippen LogP contribution in [0.25, 0.3) is 0 Å². The fraction of sp³-hybridized carbons (Fsp3) is 0.375. The molecule has 0 saturated carbocycles. The van der Waals surface area contributed by atoms with E-state index in [4.69, 9.17) is 0 Å². The Morgan fingerprint density at radius 1 is 1.29 bits per heavy atom. The second-order valence-electron chi connectivity index (χ2n) is 3.08. The van der Waals surface area contributed by atoms with Crippen molar-refractivity contribution in [3.8, 4) is 0 Å². The molecule has 14 heavy (non-hydrogen) atoms. The number of hydrogen-bond donors (Lipinski definition) is 1. The SMILES string of the molecule is Cn1ccc(C(O)c2cnn(C)n2)n1. The van der Waals surface area contributed by atoms with Gasteiger partial charge in [0.05, 0.1) is 11.9 Å². The van der Waals surface area contributed by atoms with Crippen molar-refractivity contribution in [2.75, 3.05) is 0 Å². The molecule has 6 nitrogen and oxygen atoms in total. The highest BCUT2D eigenvalue weighted by Crippen LogP contribution is 2.16. The lowest BCUT2D eigenvalue weighted by atomic mass is 10.2. The van der Waals surface area contributed by atoms with Gasteiger partial charge in [0.1, 0.15) is 11.8 Å². The minimum Gasteiger partial charge on any atom is -0.380 e. The molecule has 0 spiro atoms. The molecule has 1 unspecified atom stereocenters. The topological polar surface area (TPSA) is 68.8 Å². The summed E-state index contributed by atoms with van der Waals surface area (Å²) < 4.78 is 1.63. The highest BCUT2D eigenvalue weighted by atomic mass is 16.3. The van der Waals surface area contributed by atoms with Gasteiger partial charge in [-0.3, -0.25) is 4.68 Å². The Kier molecular flexibility index (Phi) is 2.05. The van der Waals surface area contributed by atoms with Crippen LogP contribution in [-0.2, 0) is 14.1 Å². The van der Waals surface area contributed by atoms with Crippen LogP contribution in [0.5, 0.6) is 0 Å². The first-order chi connectivity index (χ1) is 6.66. The summed E-state index contributed by atoms with van der Waals surface area (Å²) in [5, 5.41) is 21.8. The molecule has 1 N–H and O–H groups in total. The van der Waals surface area contributed by atoms with Crippen LogP contribution in [-0.4, -0.2) is 29.9 Å². The van der Waals surface area contributed by atoms with Gasteiger partial charge in [0.2, 0.25) is 0 Å². The zero-order valence-electron chi connectivity index (χ0n) is 7.99. The highest BCUT2D eigenvalue weighted by Gasteiger charge is 2.15. The van der Waals surface area contributed by atoms with E-state index in [1.165, 1.54) is 11.0 Å². The molecule has 0 bridgehead atoms. The van der Waals surface area contributed by atoms with Crippen LogP contribution in [0.1, 0.15) is 17.5 Å². The summed E-state index contributed by atoms with van der Waals surface area (Å²) in [6, 6.07) is 1.75. The van der Waals surface area contributed by atoms with Gasteiger partial charge in [0.15, 0.2) is 0 Å². The second kappa shape index (κ2) is 3.22. The van der Waals surface area contributed by atoms with Crippen molar-refractivity contribution >= 4 is 0 Å². The van der Waals surface area contributed by atoms with E-state index in [0.717, 1.165) is 0 Å². The first-order valence-corrected chi connectivity index (χ1v) is 4.20. The normalized spacial score (nSPS) is 13.1. The summed E-state index contributed by atoms with van der Waals surface area (Å²) in [5.41, 5.74) is 1.08. The molecule has 0 aliphatic rings. The summed E-state index contributed by atoms with van der Waals surface area (Å²) in [7, 11) is 3.50. The molecule has 2 aromatic heterocycles. The summed E-state index contributed by atoms with van der Waals surface area (Å²) in [4.78, 5) is 1.40. The maximum Gasteiger partial charge on any atom is 0.143 e. The first-order valence-electron chi connectivity index (χ1n) is 4.20. The van der Waals surface area contributed by atoms with Crippen molar-refractivity contribution in [2.45, 2.75) is 6.10 Å². The molecule has 74 valence electrons. The first kappa shape index (κ1) is 8.89. The van der Waals surface area contributed by atoms with Gasteiger partial charge in [-0.2, -0.15) is 20.1 Å². The van der Waals surface area contributed by atoms with Crippen LogP contribution < -0.4 is 0 Å². The maximum absolute atomic E-state index is 9.83. The van der Waals surface area contributed by atoms with Gasteiger partial charge in [-0.05, 0) is 6.07 Å². The minimum absolute atomic E-state index is 0.506. The van der Waals surface area contributed by atoms with E-state index in [1.807, 2.05) is 0 Å². The van der Waals surface area contributed by atoms with E-state index in [9.17, 15) is 5.11 Å². The molecule has 1 atom stereocenters. The molecule has 0 fully saturated rings. The fourth-order valence-corrected chi connectivity index (χ4v) is 1.22. The van der Waals surface area contributed by atoms with E-state index >= 15 is 0 Å². The number of aryl methyl sites for hydroxylation is 2. The lowest BCUT2D eigenvalue weighted by molar-refractivity contribution is 0.208. The quantitative estimate of drug-likeness (QED) is 0.706. The standard InChI is InChI=1S/C8H11N5O/c1-12-4-3-6(10-12)8(14)7-5-9-13(2)11-7/h3-5,8,14H,1-2H3. The third-order valence-corrected chi connectivity index (χ3v) is 1.91. The molecule has 0 radical (unpaired) electrons. The Bertz CT molecular complexity index is 392. The molecule has 6 heteroatoms. The Labute approximate surface area is 80.8 Å². The Balaban J connectivity index is 2.28. The summed E-state index contributed by atoms with van der Waals surface area (Å²) >= 11 is 0. The average Bonchev–Trinajstić information content (AvgIpc) is 2.73. The third kappa shape index (κ3) is 1.51. The zero-order chi connectivity index (χ0) is 10.1. The van der Waals surface area contributed by atoms with E-state index in [0.29, 0.717) is 11.4 Å². The van der Waals surface area contributed by atoms with E-state index in [1.54, 1.807) is 31.0 Å². The molecule has 0 amide bonds. The van der Waals surface area contributed by atoms with Gasteiger partial charge in [-0.1, -0.05) is 0 Å². The highest BCUT2D eigenvalue weighted by molar-refractivity contribution is 5.14. The molecule has 0 aliphatic heterocycles. The fourth-order valence-electron chi connectivity index (χ4n) is 1.22. The Morgan fingerprint density at radius 3 is 2.57 bits per heavy atom. The smallest absolute Gasteiger partial charge is 0.143 e. The van der Waals surface area contributed by atoms with Gasteiger partial charge in [0.25, 0.3) is 0 Å². The van der Waals surface area contributed by atoms with Gasteiger partial charge in [-0.15, -0.1) is 0 Å². The predicted octanol–water partition coefficient (Wildman–Crippen LogP) is -0.370. The van der Waals surface area contributed by atoms with Crippen molar-refractivity contribution < 1.29 is 5.11 Å². The average molecular weight is 193 g/mol. The second-order valence-corrected chi connectivity index (χ2v) is 3.08. The predicted molar refractivity (Wildman–Crippen MR) is 48.3 cm³/mol. The number of hydrogen-bond acceptors (Lipinski definition) is 4. The van der Waals surface area contributed by atoms with Crippen LogP contribution in [0.3, 0.4) is 0 Å². The maximum atomic E-state index is 9.83. The molecule has 2 heterocycles. The van der Waals surface area contributed by atoms with E-state index in [-0.39, 0.29) is 0 Å². The lowest BCUT2D eigenvalue weighted by Crippen LogP contribution is -2.03. The van der Waals surface area contributed by atoms with Crippen LogP contribution in [0.4, 0.5) is 0 Å². The zero-order valence-corrected chi connectivity index (χ0v) is 7.99. The Hall–Kier alpha value is -1.69. The van der Waals surface area contributed by atoms with Crippen LogP contribution in [0, 0.1) is 0 Å². The number of aliphatic hydroxyl groups is 1. The van der Waals surface area contributed by atoms with Crippen molar-refractivity contribution in [2.24, 2.45) is 14.1 Å². The largest absolute Gasteiger partial charge is 0.380 e. The number of rotatable bonds is 2. The van der Waals surface area contributed by atoms with Crippen molar-refractivity contribution in [3.63, 3.8) is 0 Å². The lowest BCUT2D eigenvalue weighted by Gasteiger charge is -2.01. The molecular weight excluding hydrogens is 182 g/mol. The number of aliphatic hydroxyl groups excluding tert-OH is 1. The van der Waals surface area contributed by atoms with Crippen LogP contribution >= 0.6 is 0 Å². The molecule has 0 aromatic carbocycles. The summed E-state index contributed by atoms with van der Waals surface area (Å²) in [6.07, 6.45) is 2.50. The van der Waals surface area contributed by atoms with E-state index in [2.05, 4.69) is 15.3 Å². The molecular formula is C8H11N5O. The third-order valence-electron chi connectivity index (χ3n) is 1.91. The van der Waals surface area contributed by atoms with Gasteiger partial charge in [-0.25, -0.2) is 0 Å². The number of nitrogens with zero attached hydrogens (tertiary/aromatic N) is 5. The van der Waals surface area contributed by atoms with Crippen LogP contribution in [0.2, 0.25) is 0 Å². The number of aromatic nitrogens is 5. The monoisotopic (exact) mass is 193 g/mol. The van der Waals surface area contributed by atoms with Gasteiger partial charge < -0.3 is 5.11 Å². The Morgan fingerprint density at radius 2 is 2.07 bits per heavy atom. The van der Waals surface area contributed by atoms with Crippen molar-refractivity contribution in [1.29, 1.82) is 0 Å². The summed E-state index contributed by atoms with van der Waals surface area (Å²) in [5.74, 6) is 0. The van der Waals surface area contributed by atoms with Crippen LogP contribution in [0.15, 0.2) is 18.5 Å². The van der Waals surface area contributed by atoms with Crippen molar-refractivity contribution in [1.82, 2.24) is 24.8 Å². The van der Waals surface area contributed by atoms with Crippen molar-refractivity contribution in [3.05, 3.63) is 29.8 Å². The summed E-state index contributed by atoms with van der Waals surface area (Å²) in [6.45, 7) is 0. The molecule has 2 aromatic rings. The molecule has 0 saturated heterocycles.